The first-order chi connectivity index (χ1) is 9.20. The predicted octanol–water partition coefficient (Wildman–Crippen LogP) is 1.30. The number of cyclic esters (lactones) is 1. The second kappa shape index (κ2) is 5.06. The van der Waals surface area contributed by atoms with E-state index in [1.54, 1.807) is 0 Å². The Balaban J connectivity index is 2.28. The summed E-state index contributed by atoms with van der Waals surface area (Å²) in [4.78, 5) is 10.6. The molecule has 0 bridgehead atoms. The second-order valence-electron chi connectivity index (χ2n) is 4.16. The van der Waals surface area contributed by atoms with Crippen LogP contribution in [0.5, 0.6) is 0 Å². The first-order valence-corrected chi connectivity index (χ1v) is 7.05. The Kier molecular flexibility index (Phi) is 3.74. The number of hydrogen-bond donors (Lipinski definition) is 1. The number of hydrogen-bond acceptors (Lipinski definition) is 4. The fourth-order valence-corrected chi connectivity index (χ4v) is 2.96. The van der Waals surface area contributed by atoms with Crippen molar-refractivity contribution >= 4 is 16.0 Å². The highest BCUT2D eigenvalue weighted by atomic mass is 32.2. The van der Waals surface area contributed by atoms with E-state index in [0.717, 1.165) is 18.2 Å². The van der Waals surface area contributed by atoms with Crippen molar-refractivity contribution in [1.82, 2.24) is 4.72 Å². The summed E-state index contributed by atoms with van der Waals surface area (Å²) < 4.78 is 68.1. The molecule has 1 fully saturated rings. The number of alkyl halides is 3. The lowest BCUT2D eigenvalue weighted by molar-refractivity contribution is -0.139. The number of rotatable bonds is 3. The van der Waals surface area contributed by atoms with E-state index >= 15 is 0 Å². The van der Waals surface area contributed by atoms with Crippen LogP contribution >= 0.6 is 0 Å². The molecule has 20 heavy (non-hydrogen) atoms. The Morgan fingerprint density at radius 3 is 2.55 bits per heavy atom. The van der Waals surface area contributed by atoms with Crippen LogP contribution < -0.4 is 4.72 Å². The van der Waals surface area contributed by atoms with Gasteiger partial charge in [-0.1, -0.05) is 6.07 Å². The van der Waals surface area contributed by atoms with Gasteiger partial charge < -0.3 is 4.74 Å². The normalized spacial score (nSPS) is 19.9. The lowest BCUT2D eigenvalue weighted by atomic mass is 10.2. The summed E-state index contributed by atoms with van der Waals surface area (Å²) in [6.45, 7) is 0.0780. The second-order valence-corrected chi connectivity index (χ2v) is 5.87. The minimum atomic E-state index is -4.64. The average Bonchev–Trinajstić information content (AvgIpc) is 2.73. The fourth-order valence-electron chi connectivity index (χ4n) is 1.70. The zero-order chi connectivity index (χ0) is 15.0. The van der Waals surface area contributed by atoms with Crippen LogP contribution in [0.25, 0.3) is 0 Å². The SMILES string of the molecule is O=C1OCC[C@H]1NS(=O)(=O)c1cccc(C(F)(F)F)c1. The van der Waals surface area contributed by atoms with Gasteiger partial charge in [-0.3, -0.25) is 4.79 Å². The van der Waals surface area contributed by atoms with E-state index in [9.17, 15) is 26.4 Å². The number of carbonyl (C=O) groups excluding carboxylic acids is 1. The number of nitrogens with one attached hydrogen (secondary N) is 1. The highest BCUT2D eigenvalue weighted by molar-refractivity contribution is 7.89. The largest absolute Gasteiger partial charge is 0.464 e. The van der Waals surface area contributed by atoms with Crippen LogP contribution in [0, 0.1) is 0 Å². The van der Waals surface area contributed by atoms with E-state index < -0.39 is 38.7 Å². The van der Waals surface area contributed by atoms with Gasteiger partial charge in [-0.05, 0) is 18.2 Å². The maximum atomic E-state index is 12.5. The molecular formula is C11H10F3NO4S. The molecule has 110 valence electrons. The van der Waals surface area contributed by atoms with Gasteiger partial charge in [0.25, 0.3) is 0 Å². The Bertz CT molecular complexity index is 627. The predicted molar refractivity (Wildman–Crippen MR) is 61.1 cm³/mol. The van der Waals surface area contributed by atoms with Crippen molar-refractivity contribution in [1.29, 1.82) is 0 Å². The van der Waals surface area contributed by atoms with E-state index in [2.05, 4.69) is 4.74 Å². The molecule has 1 atom stereocenters. The standard InChI is InChI=1S/C11H10F3NO4S/c12-11(13,14)7-2-1-3-8(6-7)20(17,18)15-9-4-5-19-10(9)16/h1-3,6,9,15H,4-5H2/t9-/m1/s1. The van der Waals surface area contributed by atoms with E-state index in [1.165, 1.54) is 0 Å². The number of halogens is 3. The number of carbonyl (C=O) groups is 1. The molecule has 0 amide bonds. The monoisotopic (exact) mass is 309 g/mol. The van der Waals surface area contributed by atoms with Crippen LogP contribution in [-0.4, -0.2) is 27.0 Å². The maximum absolute atomic E-state index is 12.5. The van der Waals surface area contributed by atoms with Gasteiger partial charge in [0.05, 0.1) is 17.1 Å². The number of benzene rings is 1. The third-order valence-electron chi connectivity index (χ3n) is 2.70. The maximum Gasteiger partial charge on any atom is 0.416 e. The minimum absolute atomic E-state index is 0.0780. The van der Waals surface area contributed by atoms with Crippen molar-refractivity contribution in [3.63, 3.8) is 0 Å². The Labute approximate surface area is 112 Å². The van der Waals surface area contributed by atoms with Gasteiger partial charge in [-0.25, -0.2) is 8.42 Å². The van der Waals surface area contributed by atoms with Crippen LogP contribution in [0.3, 0.4) is 0 Å². The van der Waals surface area contributed by atoms with E-state index in [-0.39, 0.29) is 13.0 Å². The lowest BCUT2D eigenvalue weighted by Crippen LogP contribution is -2.37. The van der Waals surface area contributed by atoms with Crippen molar-refractivity contribution in [2.75, 3.05) is 6.61 Å². The summed E-state index contributed by atoms with van der Waals surface area (Å²) in [5.74, 6) is -0.736. The van der Waals surface area contributed by atoms with Gasteiger partial charge in [0.15, 0.2) is 0 Å². The first-order valence-electron chi connectivity index (χ1n) is 5.56. The molecule has 0 aliphatic carbocycles. The third-order valence-corrected chi connectivity index (χ3v) is 4.17. The summed E-state index contributed by atoms with van der Waals surface area (Å²) in [7, 11) is -4.21. The first kappa shape index (κ1) is 14.8. The Morgan fingerprint density at radius 2 is 2.00 bits per heavy atom. The average molecular weight is 309 g/mol. The van der Waals surface area contributed by atoms with Crippen LogP contribution in [0.2, 0.25) is 0 Å². The fraction of sp³-hybridized carbons (Fsp3) is 0.364. The van der Waals surface area contributed by atoms with Gasteiger partial charge in [-0.2, -0.15) is 17.9 Å². The lowest BCUT2D eigenvalue weighted by Gasteiger charge is -2.12. The van der Waals surface area contributed by atoms with Crippen molar-refractivity contribution < 1.29 is 31.1 Å². The summed E-state index contributed by atoms with van der Waals surface area (Å²) in [5.41, 5.74) is -1.07. The van der Waals surface area contributed by atoms with Gasteiger partial charge >= 0.3 is 12.1 Å². The quantitative estimate of drug-likeness (QED) is 0.854. The molecule has 5 nitrogen and oxygen atoms in total. The van der Waals surface area contributed by atoms with E-state index in [0.29, 0.717) is 6.07 Å². The minimum Gasteiger partial charge on any atom is -0.464 e. The van der Waals surface area contributed by atoms with Crippen molar-refractivity contribution in [3.8, 4) is 0 Å². The summed E-state index contributed by atoms with van der Waals surface area (Å²) >= 11 is 0. The highest BCUT2D eigenvalue weighted by Gasteiger charge is 2.34. The van der Waals surface area contributed by atoms with Crippen molar-refractivity contribution in [3.05, 3.63) is 29.8 Å². The Morgan fingerprint density at radius 1 is 1.30 bits per heavy atom. The topological polar surface area (TPSA) is 72.5 Å². The van der Waals surface area contributed by atoms with Gasteiger partial charge in [0.2, 0.25) is 10.0 Å². The number of sulfonamides is 1. The Hall–Kier alpha value is -1.61. The van der Waals surface area contributed by atoms with Crippen LogP contribution in [0.1, 0.15) is 12.0 Å². The van der Waals surface area contributed by atoms with Gasteiger partial charge in [-0.15, -0.1) is 0 Å². The molecule has 1 aromatic carbocycles. The molecule has 1 aromatic rings. The van der Waals surface area contributed by atoms with Crippen LogP contribution in [0.4, 0.5) is 13.2 Å². The van der Waals surface area contributed by atoms with Crippen LogP contribution in [-0.2, 0) is 25.7 Å². The molecule has 1 saturated heterocycles. The van der Waals surface area contributed by atoms with Crippen molar-refractivity contribution in [2.24, 2.45) is 0 Å². The number of ether oxygens (including phenoxy) is 1. The third kappa shape index (κ3) is 3.10. The van der Waals surface area contributed by atoms with Crippen LogP contribution in [0.15, 0.2) is 29.2 Å². The smallest absolute Gasteiger partial charge is 0.416 e. The highest BCUT2D eigenvalue weighted by Crippen LogP contribution is 2.30. The molecule has 0 radical (unpaired) electrons. The molecule has 1 aliphatic rings. The molecule has 1 aliphatic heterocycles. The summed E-state index contributed by atoms with van der Waals surface area (Å²) in [6, 6.07) is 2.24. The van der Waals surface area contributed by atoms with Crippen molar-refractivity contribution in [2.45, 2.75) is 23.5 Å². The molecule has 2 rings (SSSR count). The zero-order valence-corrected chi connectivity index (χ0v) is 10.8. The zero-order valence-electron chi connectivity index (χ0n) is 9.98. The van der Waals surface area contributed by atoms with E-state index in [1.807, 2.05) is 4.72 Å². The molecule has 1 heterocycles. The summed E-state index contributed by atoms with van der Waals surface area (Å²) in [6.07, 6.45) is -4.49. The molecule has 0 spiro atoms. The molecule has 0 aromatic heterocycles. The molecule has 0 unspecified atom stereocenters. The molecule has 1 N–H and O–H groups in total. The molecule has 9 heteroatoms. The number of esters is 1. The van der Waals surface area contributed by atoms with Gasteiger partial charge in [0.1, 0.15) is 6.04 Å². The summed E-state index contributed by atoms with van der Waals surface area (Å²) in [5, 5.41) is 0. The molecule has 0 saturated carbocycles. The molecular weight excluding hydrogens is 299 g/mol. The van der Waals surface area contributed by atoms with Gasteiger partial charge in [0, 0.05) is 6.42 Å². The van der Waals surface area contributed by atoms with E-state index in [4.69, 9.17) is 0 Å².